The van der Waals surface area contributed by atoms with Crippen LogP contribution in [0, 0.1) is 27.7 Å². The lowest BCUT2D eigenvalue weighted by Gasteiger charge is -2.08. The fourth-order valence-corrected chi connectivity index (χ4v) is 4.00. The fourth-order valence-electron chi connectivity index (χ4n) is 2.94. The number of hydrogen-bond donors (Lipinski definition) is 2. The first-order valence-electron chi connectivity index (χ1n) is 9.53. The number of aryl methyl sites for hydroxylation is 4. The highest BCUT2D eigenvalue weighted by Crippen LogP contribution is 2.28. The van der Waals surface area contributed by atoms with Crippen LogP contribution in [0.25, 0.3) is 10.6 Å². The van der Waals surface area contributed by atoms with E-state index in [4.69, 9.17) is 0 Å². The smallest absolute Gasteiger partial charge is 0.313 e. The zero-order valence-corrected chi connectivity index (χ0v) is 17.9. The Bertz CT molecular complexity index is 1060. The van der Waals surface area contributed by atoms with Gasteiger partial charge >= 0.3 is 11.8 Å². The van der Waals surface area contributed by atoms with Crippen molar-refractivity contribution < 1.29 is 9.59 Å². The molecule has 3 rings (SSSR count). The number of nitrogens with zero attached hydrogens (tertiary/aromatic N) is 1. The van der Waals surface area contributed by atoms with Gasteiger partial charge in [0, 0.05) is 29.1 Å². The minimum absolute atomic E-state index is 0.384. The van der Waals surface area contributed by atoms with Gasteiger partial charge in [-0.15, -0.1) is 11.3 Å². The van der Waals surface area contributed by atoms with Crippen molar-refractivity contribution in [2.75, 3.05) is 11.9 Å². The first-order valence-corrected chi connectivity index (χ1v) is 10.3. The van der Waals surface area contributed by atoms with E-state index in [1.165, 1.54) is 5.56 Å². The summed E-state index contributed by atoms with van der Waals surface area (Å²) in [4.78, 5) is 30.0. The van der Waals surface area contributed by atoms with E-state index in [0.717, 1.165) is 32.3 Å². The fraction of sp³-hybridized carbons (Fsp3) is 0.261. The third kappa shape index (κ3) is 5.29. The zero-order valence-electron chi connectivity index (χ0n) is 17.1. The van der Waals surface area contributed by atoms with Gasteiger partial charge in [-0.2, -0.15) is 0 Å². The highest BCUT2D eigenvalue weighted by Gasteiger charge is 2.15. The summed E-state index contributed by atoms with van der Waals surface area (Å²) in [5.74, 6) is -1.29. The number of rotatable bonds is 5. The molecule has 6 heteroatoms. The molecule has 150 valence electrons. The molecule has 0 fully saturated rings. The molecule has 0 radical (unpaired) electrons. The van der Waals surface area contributed by atoms with Crippen molar-refractivity contribution in [3.63, 3.8) is 0 Å². The zero-order chi connectivity index (χ0) is 21.0. The molecule has 5 nitrogen and oxygen atoms in total. The molecule has 0 saturated carbocycles. The Kier molecular flexibility index (Phi) is 6.44. The number of aromatic nitrogens is 1. The average Bonchev–Trinajstić information content (AvgIpc) is 3.05. The van der Waals surface area contributed by atoms with Crippen LogP contribution < -0.4 is 10.6 Å². The number of nitrogens with one attached hydrogen (secondary N) is 2. The van der Waals surface area contributed by atoms with Crippen LogP contribution in [-0.4, -0.2) is 23.3 Å². The summed E-state index contributed by atoms with van der Waals surface area (Å²) in [6, 6.07) is 13.8. The maximum Gasteiger partial charge on any atom is 0.313 e. The van der Waals surface area contributed by atoms with Gasteiger partial charge in [0.15, 0.2) is 0 Å². The summed E-state index contributed by atoms with van der Waals surface area (Å²) < 4.78 is 0. The van der Waals surface area contributed by atoms with E-state index in [0.29, 0.717) is 18.7 Å². The van der Waals surface area contributed by atoms with Crippen molar-refractivity contribution in [1.29, 1.82) is 0 Å². The minimum Gasteiger partial charge on any atom is -0.347 e. The van der Waals surface area contributed by atoms with Crippen molar-refractivity contribution in [3.8, 4) is 10.6 Å². The molecule has 1 aromatic heterocycles. The first-order chi connectivity index (χ1) is 13.8. The molecule has 0 atom stereocenters. The minimum atomic E-state index is -0.658. The number of carbonyl (C=O) groups excluding carboxylic acids is 2. The van der Waals surface area contributed by atoms with Gasteiger partial charge in [0.25, 0.3) is 0 Å². The summed E-state index contributed by atoms with van der Waals surface area (Å²) in [5.41, 5.74) is 6.07. The lowest BCUT2D eigenvalue weighted by atomic mass is 10.1. The Labute approximate surface area is 175 Å². The molecule has 0 aliphatic rings. The first kappa shape index (κ1) is 20.7. The van der Waals surface area contributed by atoms with Crippen molar-refractivity contribution in [3.05, 3.63) is 69.7 Å². The molecule has 0 saturated heterocycles. The largest absolute Gasteiger partial charge is 0.347 e. The SMILES string of the molecule is Cc1cccc(-c2nc(C)c(CCNC(=O)C(=O)Nc3ccc(C)c(C)c3)s2)c1. The monoisotopic (exact) mass is 407 g/mol. The molecular formula is C23H25N3O2S. The molecule has 2 N–H and O–H groups in total. The molecule has 2 aromatic carbocycles. The Morgan fingerprint density at radius 1 is 0.966 bits per heavy atom. The lowest BCUT2D eigenvalue weighted by Crippen LogP contribution is -2.36. The van der Waals surface area contributed by atoms with E-state index in [1.807, 2.05) is 45.0 Å². The highest BCUT2D eigenvalue weighted by atomic mass is 32.1. The van der Waals surface area contributed by atoms with Crippen LogP contribution in [0.1, 0.15) is 27.3 Å². The number of amides is 2. The average molecular weight is 408 g/mol. The topological polar surface area (TPSA) is 71.1 Å². The van der Waals surface area contributed by atoms with Crippen molar-refractivity contribution in [1.82, 2.24) is 10.3 Å². The van der Waals surface area contributed by atoms with Crippen molar-refractivity contribution >= 4 is 28.8 Å². The van der Waals surface area contributed by atoms with Gasteiger partial charge in [0.1, 0.15) is 5.01 Å². The summed E-state index contributed by atoms with van der Waals surface area (Å²) in [6.07, 6.45) is 0.637. The van der Waals surface area contributed by atoms with Gasteiger partial charge in [0.05, 0.1) is 5.69 Å². The summed E-state index contributed by atoms with van der Waals surface area (Å²) in [6.45, 7) is 8.38. The van der Waals surface area contributed by atoms with Gasteiger partial charge in [-0.3, -0.25) is 9.59 Å². The van der Waals surface area contributed by atoms with Crippen LogP contribution >= 0.6 is 11.3 Å². The summed E-state index contributed by atoms with van der Waals surface area (Å²) >= 11 is 1.62. The second-order valence-corrected chi connectivity index (χ2v) is 8.24. The van der Waals surface area contributed by atoms with Gasteiger partial charge < -0.3 is 10.6 Å². The quantitative estimate of drug-likeness (QED) is 0.618. The van der Waals surface area contributed by atoms with Gasteiger partial charge in [0.2, 0.25) is 0 Å². The molecule has 0 unspecified atom stereocenters. The highest BCUT2D eigenvalue weighted by molar-refractivity contribution is 7.15. The maximum atomic E-state index is 12.1. The van der Waals surface area contributed by atoms with Crippen LogP contribution in [0.15, 0.2) is 42.5 Å². The van der Waals surface area contributed by atoms with Crippen LogP contribution in [0.3, 0.4) is 0 Å². The molecule has 3 aromatic rings. The number of benzene rings is 2. The predicted molar refractivity (Wildman–Crippen MR) is 118 cm³/mol. The molecule has 0 spiro atoms. The van der Waals surface area contributed by atoms with Crippen LogP contribution in [-0.2, 0) is 16.0 Å². The number of anilines is 1. The normalized spacial score (nSPS) is 10.6. The molecule has 2 amide bonds. The molecule has 1 heterocycles. The number of carbonyl (C=O) groups is 2. The Morgan fingerprint density at radius 3 is 2.48 bits per heavy atom. The Balaban J connectivity index is 1.54. The van der Waals surface area contributed by atoms with Gasteiger partial charge in [-0.1, -0.05) is 29.8 Å². The standard InChI is InChI=1S/C23H25N3O2S/c1-14-6-5-7-18(12-14)23-25-17(4)20(29-23)10-11-24-21(27)22(28)26-19-9-8-15(2)16(3)13-19/h5-9,12-13H,10-11H2,1-4H3,(H,24,27)(H,26,28). The lowest BCUT2D eigenvalue weighted by molar-refractivity contribution is -0.136. The van der Waals surface area contributed by atoms with Gasteiger partial charge in [-0.05, 0) is 57.0 Å². The number of hydrogen-bond acceptors (Lipinski definition) is 4. The molecule has 0 aliphatic heterocycles. The third-order valence-electron chi connectivity index (χ3n) is 4.77. The van der Waals surface area contributed by atoms with Crippen molar-refractivity contribution in [2.45, 2.75) is 34.1 Å². The molecule has 29 heavy (non-hydrogen) atoms. The summed E-state index contributed by atoms with van der Waals surface area (Å²) in [5, 5.41) is 6.30. The molecule has 0 bridgehead atoms. The Morgan fingerprint density at radius 2 is 1.76 bits per heavy atom. The van der Waals surface area contributed by atoms with E-state index >= 15 is 0 Å². The van der Waals surface area contributed by atoms with E-state index in [9.17, 15) is 9.59 Å². The summed E-state index contributed by atoms with van der Waals surface area (Å²) in [7, 11) is 0. The van der Waals surface area contributed by atoms with Crippen molar-refractivity contribution in [2.24, 2.45) is 0 Å². The predicted octanol–water partition coefficient (Wildman–Crippen LogP) is 4.34. The maximum absolute atomic E-state index is 12.1. The van der Waals surface area contributed by atoms with Crippen LogP contribution in [0.2, 0.25) is 0 Å². The van der Waals surface area contributed by atoms with E-state index < -0.39 is 11.8 Å². The number of thiazole rings is 1. The van der Waals surface area contributed by atoms with E-state index in [2.05, 4.69) is 34.7 Å². The second-order valence-electron chi connectivity index (χ2n) is 7.16. The second kappa shape index (κ2) is 9.01. The molecule has 0 aliphatic carbocycles. The van der Waals surface area contributed by atoms with Crippen LogP contribution in [0.4, 0.5) is 5.69 Å². The van der Waals surface area contributed by atoms with E-state index in [1.54, 1.807) is 17.4 Å². The van der Waals surface area contributed by atoms with Gasteiger partial charge in [-0.25, -0.2) is 4.98 Å². The Hall–Kier alpha value is -2.99. The third-order valence-corrected chi connectivity index (χ3v) is 6.03. The van der Waals surface area contributed by atoms with Crippen LogP contribution in [0.5, 0.6) is 0 Å². The van der Waals surface area contributed by atoms with E-state index in [-0.39, 0.29) is 0 Å². The molecular weight excluding hydrogens is 382 g/mol.